The molecule has 0 aliphatic carbocycles. The van der Waals surface area contributed by atoms with E-state index in [1.165, 1.54) is 11.8 Å². The molecule has 0 aliphatic rings. The topological polar surface area (TPSA) is 72.7 Å². The zero-order valence-electron chi connectivity index (χ0n) is 16.1. The highest BCUT2D eigenvalue weighted by Crippen LogP contribution is 2.30. The highest BCUT2D eigenvalue weighted by Gasteiger charge is 2.15. The number of aryl methyl sites for hydroxylation is 2. The minimum atomic E-state index is -0.115. The number of hydrogen-bond donors (Lipinski definition) is 1. The summed E-state index contributed by atoms with van der Waals surface area (Å²) in [6.45, 7) is 6.10. The molecule has 2 aromatic carbocycles. The van der Waals surface area contributed by atoms with Gasteiger partial charge < -0.3 is 5.32 Å². The Hall–Kier alpha value is -2.38. The van der Waals surface area contributed by atoms with E-state index < -0.39 is 0 Å². The van der Waals surface area contributed by atoms with Crippen LogP contribution < -0.4 is 5.32 Å². The van der Waals surface area contributed by atoms with Crippen LogP contribution >= 0.6 is 23.4 Å². The summed E-state index contributed by atoms with van der Waals surface area (Å²) in [5.74, 6) is 0.0841. The molecule has 0 atom stereocenters. The van der Waals surface area contributed by atoms with Crippen LogP contribution in [-0.4, -0.2) is 31.9 Å². The van der Waals surface area contributed by atoms with E-state index in [2.05, 4.69) is 27.8 Å². The number of nitrogens with zero attached hydrogens (tertiary/aromatic N) is 4. The number of thioether (sulfide) groups is 1. The van der Waals surface area contributed by atoms with Gasteiger partial charge in [0.25, 0.3) is 0 Å². The van der Waals surface area contributed by atoms with E-state index in [9.17, 15) is 4.79 Å². The standard InChI is InChI=1S/C20H22ClN5OS/c1-4-14-9-10-17(21)16(5-2)19(14)22-18(27)12-28-20-23-24-25-26(20)15-8-6-7-13(3)11-15/h6-11H,4-5,12H2,1-3H3,(H,22,27). The van der Waals surface area contributed by atoms with Gasteiger partial charge in [0.2, 0.25) is 11.1 Å². The molecule has 1 aromatic heterocycles. The molecule has 28 heavy (non-hydrogen) atoms. The maximum atomic E-state index is 12.6. The van der Waals surface area contributed by atoms with Crippen LogP contribution in [0, 0.1) is 6.92 Å². The molecule has 0 bridgehead atoms. The highest BCUT2D eigenvalue weighted by molar-refractivity contribution is 7.99. The average Bonchev–Trinajstić information content (AvgIpc) is 3.15. The fourth-order valence-electron chi connectivity index (χ4n) is 2.96. The number of hydrogen-bond acceptors (Lipinski definition) is 5. The lowest BCUT2D eigenvalue weighted by Gasteiger charge is -2.15. The van der Waals surface area contributed by atoms with Gasteiger partial charge in [0, 0.05) is 10.7 Å². The number of halogens is 1. The van der Waals surface area contributed by atoms with E-state index in [1.54, 1.807) is 4.68 Å². The van der Waals surface area contributed by atoms with Crippen molar-refractivity contribution in [3.8, 4) is 5.69 Å². The van der Waals surface area contributed by atoms with Crippen molar-refractivity contribution in [3.05, 3.63) is 58.1 Å². The van der Waals surface area contributed by atoms with Gasteiger partial charge in [0.1, 0.15) is 0 Å². The lowest BCUT2D eigenvalue weighted by molar-refractivity contribution is -0.113. The van der Waals surface area contributed by atoms with E-state index in [-0.39, 0.29) is 11.7 Å². The van der Waals surface area contributed by atoms with Gasteiger partial charge in [0.15, 0.2) is 0 Å². The highest BCUT2D eigenvalue weighted by atomic mass is 35.5. The molecule has 3 rings (SSSR count). The minimum absolute atomic E-state index is 0.115. The number of rotatable bonds is 7. The van der Waals surface area contributed by atoms with Crippen molar-refractivity contribution in [1.82, 2.24) is 20.2 Å². The van der Waals surface area contributed by atoms with Crippen molar-refractivity contribution < 1.29 is 4.79 Å². The number of carbonyl (C=O) groups excluding carboxylic acids is 1. The molecule has 0 radical (unpaired) electrons. The van der Waals surface area contributed by atoms with Gasteiger partial charge in [0.05, 0.1) is 11.4 Å². The Balaban J connectivity index is 1.73. The normalized spacial score (nSPS) is 10.9. The summed E-state index contributed by atoms with van der Waals surface area (Å²) in [6, 6.07) is 11.7. The Labute approximate surface area is 173 Å². The predicted octanol–water partition coefficient (Wildman–Crippen LogP) is 4.48. The van der Waals surface area contributed by atoms with Crippen LogP contribution in [0.1, 0.15) is 30.5 Å². The van der Waals surface area contributed by atoms with E-state index >= 15 is 0 Å². The molecule has 0 saturated heterocycles. The Morgan fingerprint density at radius 3 is 2.75 bits per heavy atom. The van der Waals surface area contributed by atoms with Crippen LogP contribution in [0.4, 0.5) is 5.69 Å². The molecule has 0 saturated carbocycles. The van der Waals surface area contributed by atoms with Gasteiger partial charge in [-0.2, -0.15) is 4.68 Å². The Bertz CT molecular complexity index is 988. The molecule has 6 nitrogen and oxygen atoms in total. The van der Waals surface area contributed by atoms with E-state index in [1.807, 2.05) is 50.2 Å². The zero-order valence-corrected chi connectivity index (χ0v) is 17.6. The molecule has 1 amide bonds. The first-order valence-electron chi connectivity index (χ1n) is 9.11. The van der Waals surface area contributed by atoms with Gasteiger partial charge in [-0.3, -0.25) is 4.79 Å². The van der Waals surface area contributed by atoms with Crippen LogP contribution in [0.15, 0.2) is 41.6 Å². The number of tetrazole rings is 1. The van der Waals surface area contributed by atoms with E-state index in [0.717, 1.165) is 40.9 Å². The number of carbonyl (C=O) groups is 1. The monoisotopic (exact) mass is 415 g/mol. The van der Waals surface area contributed by atoms with Crippen LogP contribution in [0.3, 0.4) is 0 Å². The maximum Gasteiger partial charge on any atom is 0.234 e. The SMILES string of the molecule is CCc1ccc(Cl)c(CC)c1NC(=O)CSc1nnnn1-c1cccc(C)c1. The van der Waals surface area contributed by atoms with Gasteiger partial charge >= 0.3 is 0 Å². The molecule has 0 fully saturated rings. The van der Waals surface area contributed by atoms with Crippen LogP contribution in [0.2, 0.25) is 5.02 Å². The average molecular weight is 416 g/mol. The molecule has 146 valence electrons. The van der Waals surface area contributed by atoms with Crippen molar-refractivity contribution in [2.45, 2.75) is 38.8 Å². The minimum Gasteiger partial charge on any atom is -0.325 e. The van der Waals surface area contributed by atoms with Crippen molar-refractivity contribution in [3.63, 3.8) is 0 Å². The summed E-state index contributed by atoms with van der Waals surface area (Å²) in [7, 11) is 0. The first-order valence-corrected chi connectivity index (χ1v) is 10.5. The summed E-state index contributed by atoms with van der Waals surface area (Å²) >= 11 is 7.61. The molecule has 1 heterocycles. The first kappa shape index (κ1) is 20.4. The number of nitrogens with one attached hydrogen (secondary N) is 1. The summed E-state index contributed by atoms with van der Waals surface area (Å²) in [6.07, 6.45) is 1.57. The second-order valence-corrected chi connectivity index (χ2v) is 7.67. The molecular weight excluding hydrogens is 394 g/mol. The third-order valence-electron chi connectivity index (χ3n) is 4.36. The molecule has 3 aromatic rings. The quantitative estimate of drug-likeness (QED) is 0.576. The molecule has 0 aliphatic heterocycles. The van der Waals surface area contributed by atoms with Crippen molar-refractivity contribution >= 4 is 35.0 Å². The lowest BCUT2D eigenvalue weighted by Crippen LogP contribution is -2.17. The molecule has 0 spiro atoms. The van der Waals surface area contributed by atoms with Gasteiger partial charge in [-0.15, -0.1) is 5.10 Å². The van der Waals surface area contributed by atoms with Crippen molar-refractivity contribution in [2.24, 2.45) is 0 Å². The van der Waals surface area contributed by atoms with E-state index in [0.29, 0.717) is 10.2 Å². The molecule has 0 unspecified atom stereocenters. The van der Waals surface area contributed by atoms with Crippen LogP contribution in [0.5, 0.6) is 0 Å². The van der Waals surface area contributed by atoms with Gasteiger partial charge in [-0.1, -0.05) is 55.4 Å². The largest absolute Gasteiger partial charge is 0.325 e. The fraction of sp³-hybridized carbons (Fsp3) is 0.300. The van der Waals surface area contributed by atoms with Crippen molar-refractivity contribution in [1.29, 1.82) is 0 Å². The van der Waals surface area contributed by atoms with Crippen LogP contribution in [0.25, 0.3) is 5.69 Å². The second kappa shape index (κ2) is 9.21. The number of amides is 1. The summed E-state index contributed by atoms with van der Waals surface area (Å²) < 4.78 is 1.64. The summed E-state index contributed by atoms with van der Waals surface area (Å²) in [5.41, 5.74) is 4.83. The Morgan fingerprint density at radius 2 is 2.04 bits per heavy atom. The maximum absolute atomic E-state index is 12.6. The summed E-state index contributed by atoms with van der Waals surface area (Å²) in [4.78, 5) is 12.6. The number of anilines is 1. The van der Waals surface area contributed by atoms with E-state index in [4.69, 9.17) is 11.6 Å². The van der Waals surface area contributed by atoms with Gasteiger partial charge in [-0.05, 0) is 65.1 Å². The molecular formula is C20H22ClN5OS. The zero-order chi connectivity index (χ0) is 20.1. The molecule has 1 N–H and O–H groups in total. The predicted molar refractivity (Wildman–Crippen MR) is 113 cm³/mol. The van der Waals surface area contributed by atoms with Gasteiger partial charge in [-0.25, -0.2) is 0 Å². The Morgan fingerprint density at radius 1 is 1.21 bits per heavy atom. The second-order valence-electron chi connectivity index (χ2n) is 6.32. The lowest BCUT2D eigenvalue weighted by atomic mass is 10.0. The number of benzene rings is 2. The third kappa shape index (κ3) is 4.54. The third-order valence-corrected chi connectivity index (χ3v) is 5.63. The Kier molecular flexibility index (Phi) is 6.70. The summed E-state index contributed by atoms with van der Waals surface area (Å²) in [5, 5.41) is 16.1. The smallest absolute Gasteiger partial charge is 0.234 e. The molecule has 8 heteroatoms. The fourth-order valence-corrected chi connectivity index (χ4v) is 3.95. The number of aromatic nitrogens is 4. The first-order chi connectivity index (χ1) is 13.5. The van der Waals surface area contributed by atoms with Crippen LogP contribution in [-0.2, 0) is 17.6 Å². The van der Waals surface area contributed by atoms with Crippen molar-refractivity contribution in [2.75, 3.05) is 11.1 Å².